The van der Waals surface area contributed by atoms with Crippen molar-refractivity contribution in [1.82, 2.24) is 9.55 Å². The molecule has 1 fully saturated rings. The molecule has 2 atom stereocenters. The smallest absolute Gasteiger partial charge is 0.107 e. The third kappa shape index (κ3) is 1.96. The summed E-state index contributed by atoms with van der Waals surface area (Å²) in [5, 5.41) is 10.7. The van der Waals surface area contributed by atoms with Gasteiger partial charge in [-0.2, -0.15) is 0 Å². The Hall–Kier alpha value is -1.35. The van der Waals surface area contributed by atoms with Gasteiger partial charge in [-0.05, 0) is 37.3 Å². The summed E-state index contributed by atoms with van der Waals surface area (Å²) in [5.74, 6) is 1.00. The van der Waals surface area contributed by atoms with Crippen molar-refractivity contribution < 1.29 is 5.11 Å². The van der Waals surface area contributed by atoms with Crippen LogP contribution in [0.5, 0.6) is 0 Å². The van der Waals surface area contributed by atoms with E-state index in [0.29, 0.717) is 0 Å². The van der Waals surface area contributed by atoms with Gasteiger partial charge in [-0.1, -0.05) is 32.4 Å². The average Bonchev–Trinajstić information content (AvgIpc) is 2.69. The molecule has 2 aromatic rings. The van der Waals surface area contributed by atoms with E-state index in [9.17, 15) is 5.11 Å². The summed E-state index contributed by atoms with van der Waals surface area (Å²) in [4.78, 5) is 4.62. The Morgan fingerprint density at radius 3 is 2.84 bits per heavy atom. The number of rotatable bonds is 1. The zero-order valence-electron chi connectivity index (χ0n) is 11.9. The van der Waals surface area contributed by atoms with E-state index in [1.54, 1.807) is 0 Å². The van der Waals surface area contributed by atoms with Gasteiger partial charge in [0.1, 0.15) is 5.82 Å². The number of fused-ring (bicyclic) bond motifs is 1. The van der Waals surface area contributed by atoms with Gasteiger partial charge in [0.2, 0.25) is 0 Å². The number of benzene rings is 1. The Balaban J connectivity index is 2.11. The molecule has 1 aromatic carbocycles. The van der Waals surface area contributed by atoms with Crippen LogP contribution in [0.25, 0.3) is 11.0 Å². The van der Waals surface area contributed by atoms with E-state index in [-0.39, 0.29) is 17.6 Å². The fraction of sp³-hybridized carbons (Fsp3) is 0.562. The second-order valence-electron chi connectivity index (χ2n) is 6.41. The molecule has 19 heavy (non-hydrogen) atoms. The van der Waals surface area contributed by atoms with Gasteiger partial charge in [-0.3, -0.25) is 0 Å². The van der Waals surface area contributed by atoms with Gasteiger partial charge in [0, 0.05) is 0 Å². The quantitative estimate of drug-likeness (QED) is 0.850. The zero-order valence-corrected chi connectivity index (χ0v) is 11.9. The van der Waals surface area contributed by atoms with Crippen LogP contribution in [0.15, 0.2) is 24.3 Å². The maximum absolute atomic E-state index is 10.7. The molecule has 0 radical (unpaired) electrons. The first-order chi connectivity index (χ1) is 9.00. The number of imidazole rings is 1. The van der Waals surface area contributed by atoms with Gasteiger partial charge >= 0.3 is 0 Å². The predicted octanol–water partition coefficient (Wildman–Crippen LogP) is 3.46. The Kier molecular flexibility index (Phi) is 2.90. The summed E-state index contributed by atoms with van der Waals surface area (Å²) in [5.41, 5.74) is 2.15. The van der Waals surface area contributed by atoms with Crippen LogP contribution in [0.3, 0.4) is 0 Å². The van der Waals surface area contributed by atoms with Crippen molar-refractivity contribution in [3.05, 3.63) is 30.1 Å². The molecule has 3 rings (SSSR count). The molecule has 3 heteroatoms. The molecule has 0 aliphatic heterocycles. The Labute approximate surface area is 114 Å². The highest BCUT2D eigenvalue weighted by Crippen LogP contribution is 2.42. The van der Waals surface area contributed by atoms with E-state index >= 15 is 0 Å². The highest BCUT2D eigenvalue weighted by atomic mass is 16.3. The van der Waals surface area contributed by atoms with Crippen molar-refractivity contribution >= 4 is 11.0 Å². The Bertz CT molecular complexity index is 600. The molecule has 1 aromatic heterocycles. The number of aromatic nitrogens is 2. The number of aliphatic hydroxyl groups excluding tert-OH is 1. The fourth-order valence-electron chi connectivity index (χ4n) is 3.45. The molecular weight excluding hydrogens is 236 g/mol. The molecule has 0 saturated heterocycles. The molecule has 1 aliphatic carbocycles. The van der Waals surface area contributed by atoms with Gasteiger partial charge in [-0.25, -0.2) is 4.98 Å². The first-order valence-electron chi connectivity index (χ1n) is 7.12. The van der Waals surface area contributed by atoms with E-state index in [0.717, 1.165) is 29.7 Å². The molecule has 102 valence electrons. The summed E-state index contributed by atoms with van der Waals surface area (Å²) in [6, 6.07) is 8.35. The highest BCUT2D eigenvalue weighted by Gasteiger charge is 2.39. The molecule has 3 nitrogen and oxygen atoms in total. The van der Waals surface area contributed by atoms with Crippen molar-refractivity contribution in [2.24, 2.45) is 5.41 Å². The number of hydrogen-bond acceptors (Lipinski definition) is 2. The van der Waals surface area contributed by atoms with Crippen LogP contribution in [0.1, 0.15) is 45.0 Å². The summed E-state index contributed by atoms with van der Waals surface area (Å²) in [6.45, 7) is 6.37. The van der Waals surface area contributed by atoms with E-state index in [2.05, 4.69) is 29.5 Å². The topological polar surface area (TPSA) is 38.0 Å². The third-order valence-electron chi connectivity index (χ3n) is 4.59. The second-order valence-corrected chi connectivity index (χ2v) is 6.41. The standard InChI is InChI=1S/C16H22N2O/c1-11-17-12-7-4-5-8-13(12)18(11)14-9-6-10-16(2,3)15(14)19/h4-5,7-8,14-15,19H,6,9-10H2,1-3H3. The van der Waals surface area contributed by atoms with Crippen molar-refractivity contribution in [3.8, 4) is 0 Å². The van der Waals surface area contributed by atoms with E-state index in [4.69, 9.17) is 0 Å². The van der Waals surface area contributed by atoms with Gasteiger partial charge in [0.25, 0.3) is 0 Å². The maximum Gasteiger partial charge on any atom is 0.107 e. The monoisotopic (exact) mass is 258 g/mol. The summed E-state index contributed by atoms with van der Waals surface area (Å²) >= 11 is 0. The number of aryl methyl sites for hydroxylation is 1. The lowest BCUT2D eigenvalue weighted by Gasteiger charge is -2.41. The number of aliphatic hydroxyl groups is 1. The zero-order chi connectivity index (χ0) is 13.6. The summed E-state index contributed by atoms with van der Waals surface area (Å²) < 4.78 is 2.24. The van der Waals surface area contributed by atoms with Gasteiger partial charge in [-0.15, -0.1) is 0 Å². The van der Waals surface area contributed by atoms with Crippen LogP contribution >= 0.6 is 0 Å². The molecule has 1 saturated carbocycles. The minimum atomic E-state index is -0.308. The van der Waals surface area contributed by atoms with Gasteiger partial charge in [0.05, 0.1) is 23.2 Å². The molecule has 0 bridgehead atoms. The molecule has 2 unspecified atom stereocenters. The van der Waals surface area contributed by atoms with Crippen LogP contribution in [-0.2, 0) is 0 Å². The number of para-hydroxylation sites is 2. The SMILES string of the molecule is Cc1nc2ccccc2n1C1CCCC(C)(C)C1O. The molecule has 0 amide bonds. The van der Waals surface area contributed by atoms with Crippen molar-refractivity contribution in [2.45, 2.75) is 52.2 Å². The highest BCUT2D eigenvalue weighted by molar-refractivity contribution is 5.76. The van der Waals surface area contributed by atoms with Crippen LogP contribution in [0.2, 0.25) is 0 Å². The van der Waals surface area contributed by atoms with Gasteiger partial charge in [0.15, 0.2) is 0 Å². The second kappa shape index (κ2) is 4.34. The van der Waals surface area contributed by atoms with Crippen LogP contribution in [0.4, 0.5) is 0 Å². The fourth-order valence-corrected chi connectivity index (χ4v) is 3.45. The minimum absolute atomic E-state index is 0.0132. The van der Waals surface area contributed by atoms with Crippen molar-refractivity contribution in [3.63, 3.8) is 0 Å². The maximum atomic E-state index is 10.7. The largest absolute Gasteiger partial charge is 0.390 e. The first kappa shape index (κ1) is 12.7. The average molecular weight is 258 g/mol. The lowest BCUT2D eigenvalue weighted by Crippen LogP contribution is -2.41. The Morgan fingerprint density at radius 2 is 2.05 bits per heavy atom. The van der Waals surface area contributed by atoms with E-state index in [1.807, 2.05) is 25.1 Å². The van der Waals surface area contributed by atoms with Crippen LogP contribution in [-0.4, -0.2) is 20.8 Å². The van der Waals surface area contributed by atoms with Crippen LogP contribution < -0.4 is 0 Å². The lowest BCUT2D eigenvalue weighted by atomic mass is 9.72. The number of nitrogens with zero attached hydrogens (tertiary/aromatic N) is 2. The normalized spacial score (nSPS) is 26.7. The summed E-state index contributed by atoms with van der Waals surface area (Å²) in [6.07, 6.45) is 2.99. The molecular formula is C16H22N2O. The predicted molar refractivity (Wildman–Crippen MR) is 77.1 cm³/mol. The van der Waals surface area contributed by atoms with Crippen LogP contribution in [0, 0.1) is 12.3 Å². The third-order valence-corrected chi connectivity index (χ3v) is 4.59. The van der Waals surface area contributed by atoms with E-state index in [1.165, 1.54) is 6.42 Å². The van der Waals surface area contributed by atoms with Crippen molar-refractivity contribution in [2.75, 3.05) is 0 Å². The molecule has 0 spiro atoms. The minimum Gasteiger partial charge on any atom is -0.390 e. The number of hydrogen-bond donors (Lipinski definition) is 1. The first-order valence-corrected chi connectivity index (χ1v) is 7.12. The molecule has 1 N–H and O–H groups in total. The molecule has 1 heterocycles. The van der Waals surface area contributed by atoms with Crippen molar-refractivity contribution in [1.29, 1.82) is 0 Å². The van der Waals surface area contributed by atoms with E-state index < -0.39 is 0 Å². The summed E-state index contributed by atoms with van der Waals surface area (Å²) in [7, 11) is 0. The Morgan fingerprint density at radius 1 is 1.32 bits per heavy atom. The van der Waals surface area contributed by atoms with Gasteiger partial charge < -0.3 is 9.67 Å². The lowest BCUT2D eigenvalue weighted by molar-refractivity contribution is -0.0255. The molecule has 1 aliphatic rings.